The van der Waals surface area contributed by atoms with Crippen molar-refractivity contribution in [2.75, 3.05) is 6.66 Å². The molecule has 0 bridgehead atoms. The molecule has 0 aromatic rings. The van der Waals surface area contributed by atoms with Crippen molar-refractivity contribution in [3.63, 3.8) is 0 Å². The Balaban J connectivity index is 4.32. The summed E-state index contributed by atoms with van der Waals surface area (Å²) in [4.78, 5) is 0. The van der Waals surface area contributed by atoms with Gasteiger partial charge in [0.15, 0.2) is 8.32 Å². The highest BCUT2D eigenvalue weighted by molar-refractivity contribution is 7.54. The van der Waals surface area contributed by atoms with E-state index in [0.717, 1.165) is 6.42 Å². The van der Waals surface area contributed by atoms with Gasteiger partial charge in [0.05, 0.1) is 6.10 Å². The first kappa shape index (κ1) is 15.4. The fourth-order valence-electron chi connectivity index (χ4n) is 1.26. The van der Waals surface area contributed by atoms with E-state index in [1.807, 2.05) is 26.6 Å². The molecule has 0 saturated heterocycles. The molecule has 0 aromatic heterocycles. The van der Waals surface area contributed by atoms with E-state index in [-0.39, 0.29) is 6.10 Å². The Bertz CT molecular complexity index is 237. The van der Waals surface area contributed by atoms with Crippen LogP contribution in [-0.4, -0.2) is 21.1 Å². The second-order valence-electron chi connectivity index (χ2n) is 5.17. The van der Waals surface area contributed by atoms with Crippen molar-refractivity contribution in [2.24, 2.45) is 5.92 Å². The van der Waals surface area contributed by atoms with Crippen molar-refractivity contribution in [3.8, 4) is 0 Å². The number of rotatable bonds is 6. The summed E-state index contributed by atoms with van der Waals surface area (Å²) in [5, 5.41) is 0. The zero-order chi connectivity index (χ0) is 12.3. The van der Waals surface area contributed by atoms with Crippen LogP contribution < -0.4 is 0 Å². The molecule has 0 fully saturated rings. The van der Waals surface area contributed by atoms with Crippen LogP contribution in [0, 0.1) is 5.92 Å². The van der Waals surface area contributed by atoms with Crippen molar-refractivity contribution in [1.82, 2.24) is 0 Å². The van der Waals surface area contributed by atoms with E-state index >= 15 is 0 Å². The summed E-state index contributed by atoms with van der Waals surface area (Å²) in [7, 11) is -4.67. The minimum atomic E-state index is -2.88. The van der Waals surface area contributed by atoms with Gasteiger partial charge < -0.3 is 8.74 Å². The van der Waals surface area contributed by atoms with Crippen molar-refractivity contribution in [2.45, 2.75) is 52.9 Å². The molecule has 0 heterocycles. The van der Waals surface area contributed by atoms with Crippen LogP contribution in [0.4, 0.5) is 0 Å². The van der Waals surface area contributed by atoms with Gasteiger partial charge in [-0.05, 0) is 32.5 Å². The molecule has 0 radical (unpaired) electrons. The minimum absolute atomic E-state index is 0.0119. The van der Waals surface area contributed by atoms with Crippen molar-refractivity contribution >= 4 is 15.9 Å². The molecule has 92 valence electrons. The maximum absolute atomic E-state index is 12.1. The van der Waals surface area contributed by atoms with Gasteiger partial charge in [-0.3, -0.25) is 4.57 Å². The van der Waals surface area contributed by atoms with Gasteiger partial charge in [0.25, 0.3) is 0 Å². The quantitative estimate of drug-likeness (QED) is 0.527. The Morgan fingerprint density at radius 1 is 1.27 bits per heavy atom. The fraction of sp³-hybridized carbons (Fsp3) is 1.00. The first-order valence-corrected chi connectivity index (χ1v) is 10.9. The highest BCUT2D eigenvalue weighted by atomic mass is 31.2. The highest BCUT2D eigenvalue weighted by Gasteiger charge is 2.29. The lowest BCUT2D eigenvalue weighted by Crippen LogP contribution is -2.26. The van der Waals surface area contributed by atoms with Gasteiger partial charge >= 0.3 is 7.60 Å². The van der Waals surface area contributed by atoms with Crippen LogP contribution in [-0.2, 0) is 13.3 Å². The van der Waals surface area contributed by atoms with E-state index in [4.69, 9.17) is 8.74 Å². The fourth-order valence-corrected chi connectivity index (χ4v) is 6.22. The molecule has 0 N–H and O–H groups in total. The first-order valence-electron chi connectivity index (χ1n) is 5.54. The molecule has 5 heteroatoms. The number of hydrogen-bond donors (Lipinski definition) is 0. The van der Waals surface area contributed by atoms with E-state index in [0.29, 0.717) is 5.92 Å². The van der Waals surface area contributed by atoms with Crippen LogP contribution in [0.1, 0.15) is 27.2 Å². The Labute approximate surface area is 95.2 Å². The molecule has 0 aliphatic heterocycles. The molecule has 0 amide bonds. The van der Waals surface area contributed by atoms with E-state index in [2.05, 4.69) is 13.8 Å². The summed E-state index contributed by atoms with van der Waals surface area (Å²) >= 11 is 0. The Morgan fingerprint density at radius 3 is 2.07 bits per heavy atom. The maximum Gasteiger partial charge on any atom is 0.318 e. The topological polar surface area (TPSA) is 35.5 Å². The summed E-state index contributed by atoms with van der Waals surface area (Å²) < 4.78 is 23.1. The van der Waals surface area contributed by atoms with Crippen molar-refractivity contribution in [1.29, 1.82) is 0 Å². The Morgan fingerprint density at radius 2 is 1.73 bits per heavy atom. The number of hydrogen-bond acceptors (Lipinski definition) is 3. The summed E-state index contributed by atoms with van der Waals surface area (Å²) in [6.45, 7) is 13.8. The minimum Gasteiger partial charge on any atom is -0.351 e. The summed E-state index contributed by atoms with van der Waals surface area (Å²) in [6.07, 6.45) is 1.01. The van der Waals surface area contributed by atoms with Crippen LogP contribution in [0.3, 0.4) is 0 Å². The third kappa shape index (κ3) is 7.29. The molecule has 0 aromatic carbocycles. The monoisotopic (exact) mass is 252 g/mol. The highest BCUT2D eigenvalue weighted by Crippen LogP contribution is 2.48. The predicted octanol–water partition coefficient (Wildman–Crippen LogP) is 4.11. The smallest absolute Gasteiger partial charge is 0.318 e. The van der Waals surface area contributed by atoms with E-state index in [9.17, 15) is 4.57 Å². The van der Waals surface area contributed by atoms with Crippen molar-refractivity contribution < 1.29 is 13.3 Å². The van der Waals surface area contributed by atoms with Crippen LogP contribution in [0.15, 0.2) is 0 Å². The third-order valence-corrected chi connectivity index (χ3v) is 6.48. The van der Waals surface area contributed by atoms with Gasteiger partial charge in [-0.25, -0.2) is 0 Å². The molecule has 0 rings (SSSR count). The lowest BCUT2D eigenvalue weighted by Gasteiger charge is -2.27. The molecule has 3 unspecified atom stereocenters. The van der Waals surface area contributed by atoms with Gasteiger partial charge in [-0.1, -0.05) is 20.3 Å². The molecule has 3 atom stereocenters. The molecule has 15 heavy (non-hydrogen) atoms. The lowest BCUT2D eigenvalue weighted by molar-refractivity contribution is 0.142. The Kier molecular flexibility index (Phi) is 5.76. The van der Waals surface area contributed by atoms with E-state index in [1.54, 1.807) is 6.66 Å². The molecule has 0 spiro atoms. The van der Waals surface area contributed by atoms with Gasteiger partial charge in [0.2, 0.25) is 0 Å². The third-order valence-electron chi connectivity index (χ3n) is 2.24. The van der Waals surface area contributed by atoms with E-state index < -0.39 is 15.9 Å². The SMILES string of the molecule is CCC(C)C(C)OP(C)(=O)O[Si](C)(C)C. The standard InChI is InChI=1S/C10H25O3PSi/c1-8-9(2)10(3)12-14(4,11)13-15(5,6)7/h9-10H,8H2,1-7H3. The molecule has 0 saturated carbocycles. The predicted molar refractivity (Wildman–Crippen MR) is 68.0 cm³/mol. The van der Waals surface area contributed by atoms with Crippen LogP contribution in [0.25, 0.3) is 0 Å². The summed E-state index contributed by atoms with van der Waals surface area (Å²) in [5.74, 6) is 0.406. The molecule has 0 aliphatic rings. The summed E-state index contributed by atoms with van der Waals surface area (Å²) in [6, 6.07) is 0. The summed E-state index contributed by atoms with van der Waals surface area (Å²) in [5.41, 5.74) is 0. The van der Waals surface area contributed by atoms with E-state index in [1.165, 1.54) is 0 Å². The second kappa shape index (κ2) is 5.62. The zero-order valence-electron chi connectivity index (χ0n) is 11.0. The normalized spacial score (nSPS) is 20.7. The second-order valence-corrected chi connectivity index (χ2v) is 11.9. The van der Waals surface area contributed by atoms with Crippen molar-refractivity contribution in [3.05, 3.63) is 0 Å². The van der Waals surface area contributed by atoms with Crippen LogP contribution in [0.5, 0.6) is 0 Å². The maximum atomic E-state index is 12.1. The molecular formula is C10H25O3PSi. The lowest BCUT2D eigenvalue weighted by atomic mass is 10.0. The van der Waals surface area contributed by atoms with Gasteiger partial charge in [0, 0.05) is 6.66 Å². The van der Waals surface area contributed by atoms with Crippen LogP contribution in [0.2, 0.25) is 19.6 Å². The van der Waals surface area contributed by atoms with Gasteiger partial charge in [-0.2, -0.15) is 0 Å². The largest absolute Gasteiger partial charge is 0.351 e. The average molecular weight is 252 g/mol. The van der Waals surface area contributed by atoms with Gasteiger partial charge in [-0.15, -0.1) is 0 Å². The molecule has 0 aliphatic carbocycles. The molecule has 3 nitrogen and oxygen atoms in total. The first-order chi connectivity index (χ1) is 6.57. The van der Waals surface area contributed by atoms with Crippen LogP contribution >= 0.6 is 7.60 Å². The molecular weight excluding hydrogens is 227 g/mol. The zero-order valence-corrected chi connectivity index (χ0v) is 12.9. The Hall–Kier alpha value is 0.367. The van der Waals surface area contributed by atoms with Gasteiger partial charge in [0.1, 0.15) is 0 Å². The average Bonchev–Trinajstić information content (AvgIpc) is 1.96.